The van der Waals surface area contributed by atoms with Crippen molar-refractivity contribution in [1.29, 1.82) is 5.26 Å². The van der Waals surface area contributed by atoms with E-state index in [4.69, 9.17) is 10.00 Å². The van der Waals surface area contributed by atoms with Crippen LogP contribution in [0.2, 0.25) is 0 Å². The molecule has 0 aromatic rings. The van der Waals surface area contributed by atoms with E-state index in [9.17, 15) is 4.79 Å². The minimum atomic E-state index is -0.214. The number of nitrogens with zero attached hydrogens (tertiary/aromatic N) is 1. The third kappa shape index (κ3) is 3.93. The largest absolute Gasteiger partial charge is 0.462 e. The van der Waals surface area contributed by atoms with Gasteiger partial charge < -0.3 is 4.74 Å². The van der Waals surface area contributed by atoms with E-state index >= 15 is 0 Å². The van der Waals surface area contributed by atoms with Crippen LogP contribution in [-0.4, -0.2) is 12.1 Å². The van der Waals surface area contributed by atoms with Gasteiger partial charge in [-0.25, -0.2) is 0 Å². The van der Waals surface area contributed by atoms with Gasteiger partial charge in [0.1, 0.15) is 6.10 Å². The summed E-state index contributed by atoms with van der Waals surface area (Å²) in [4.78, 5) is 11.1. The molecule has 3 nitrogen and oxygen atoms in total. The molecule has 0 N–H and O–H groups in total. The number of carbonyl (C=O) groups is 1. The van der Waals surface area contributed by atoms with E-state index in [0.717, 1.165) is 25.7 Å². The molecule has 0 bridgehead atoms. The fourth-order valence-electron chi connectivity index (χ4n) is 1.59. The topological polar surface area (TPSA) is 50.1 Å². The third-order valence-corrected chi connectivity index (χ3v) is 2.29. The quantitative estimate of drug-likeness (QED) is 0.627. The van der Waals surface area contributed by atoms with E-state index in [-0.39, 0.29) is 24.9 Å². The second-order valence-corrected chi connectivity index (χ2v) is 3.41. The maximum atomic E-state index is 11.1. The summed E-state index contributed by atoms with van der Waals surface area (Å²) in [5, 5.41) is 8.26. The van der Waals surface area contributed by atoms with Gasteiger partial charge in [0.2, 0.25) is 0 Å². The Morgan fingerprint density at radius 1 is 1.38 bits per heavy atom. The van der Waals surface area contributed by atoms with Gasteiger partial charge >= 0.3 is 5.97 Å². The lowest BCUT2D eigenvalue weighted by Crippen LogP contribution is -2.20. The van der Waals surface area contributed by atoms with Crippen molar-refractivity contribution in [3.63, 3.8) is 0 Å². The normalized spacial score (nSPS) is 17.8. The van der Waals surface area contributed by atoms with Crippen LogP contribution < -0.4 is 0 Å². The van der Waals surface area contributed by atoms with Crippen molar-refractivity contribution in [3.8, 4) is 6.07 Å². The van der Waals surface area contributed by atoms with Crippen molar-refractivity contribution in [2.45, 2.75) is 51.0 Å². The van der Waals surface area contributed by atoms with Gasteiger partial charge in [0.05, 0.1) is 12.5 Å². The number of carbonyl (C=O) groups excluding carboxylic acids is 1. The Labute approximate surface area is 78.7 Å². The summed E-state index contributed by atoms with van der Waals surface area (Å²) in [6, 6.07) is 1.94. The fraction of sp³-hybridized carbons (Fsp3) is 0.800. The summed E-state index contributed by atoms with van der Waals surface area (Å²) in [7, 11) is 0. The van der Waals surface area contributed by atoms with E-state index in [1.165, 1.54) is 6.42 Å². The van der Waals surface area contributed by atoms with Gasteiger partial charge in [0.15, 0.2) is 0 Å². The highest BCUT2D eigenvalue weighted by Gasteiger charge is 2.16. The number of esters is 1. The number of ether oxygens (including phenoxy) is 1. The van der Waals surface area contributed by atoms with E-state index in [1.54, 1.807) is 0 Å². The van der Waals surface area contributed by atoms with Crippen LogP contribution in [0.3, 0.4) is 0 Å². The average molecular weight is 181 g/mol. The predicted molar refractivity (Wildman–Crippen MR) is 47.8 cm³/mol. The fourth-order valence-corrected chi connectivity index (χ4v) is 1.59. The molecule has 0 atom stereocenters. The molecule has 0 aliphatic heterocycles. The summed E-state index contributed by atoms with van der Waals surface area (Å²) in [5.41, 5.74) is 0. The number of nitriles is 1. The molecule has 0 amide bonds. The van der Waals surface area contributed by atoms with Crippen LogP contribution >= 0.6 is 0 Å². The molecule has 0 aromatic carbocycles. The maximum absolute atomic E-state index is 11.1. The highest BCUT2D eigenvalue weighted by molar-refractivity contribution is 5.69. The van der Waals surface area contributed by atoms with Gasteiger partial charge in [-0.3, -0.25) is 4.79 Å². The molecule has 0 spiro atoms. The minimum absolute atomic E-state index is 0.125. The van der Waals surface area contributed by atoms with Gasteiger partial charge in [-0.05, 0) is 25.7 Å². The molecule has 0 heterocycles. The van der Waals surface area contributed by atoms with Crippen LogP contribution in [0.4, 0.5) is 0 Å². The van der Waals surface area contributed by atoms with Crippen molar-refractivity contribution in [2.24, 2.45) is 0 Å². The Morgan fingerprint density at radius 3 is 2.69 bits per heavy atom. The highest BCUT2D eigenvalue weighted by atomic mass is 16.5. The second-order valence-electron chi connectivity index (χ2n) is 3.41. The van der Waals surface area contributed by atoms with E-state index in [2.05, 4.69) is 0 Å². The van der Waals surface area contributed by atoms with Crippen molar-refractivity contribution < 1.29 is 9.53 Å². The molecule has 72 valence electrons. The highest BCUT2D eigenvalue weighted by Crippen LogP contribution is 2.20. The zero-order valence-electron chi connectivity index (χ0n) is 7.79. The lowest BCUT2D eigenvalue weighted by Gasteiger charge is -2.21. The smallest absolute Gasteiger partial charge is 0.307 e. The minimum Gasteiger partial charge on any atom is -0.462 e. The van der Waals surface area contributed by atoms with Crippen LogP contribution in [0.1, 0.15) is 44.9 Å². The van der Waals surface area contributed by atoms with Crippen molar-refractivity contribution in [3.05, 3.63) is 0 Å². The number of rotatable bonds is 3. The Balaban J connectivity index is 2.15. The molecule has 1 fully saturated rings. The molecule has 0 unspecified atom stereocenters. The van der Waals surface area contributed by atoms with Crippen molar-refractivity contribution in [2.75, 3.05) is 0 Å². The molecule has 1 rings (SSSR count). The molecule has 1 saturated carbocycles. The Kier molecular flexibility index (Phi) is 4.31. The van der Waals surface area contributed by atoms with E-state index < -0.39 is 0 Å². The lowest BCUT2D eigenvalue weighted by atomic mass is 9.98. The molecule has 0 radical (unpaired) electrons. The van der Waals surface area contributed by atoms with Gasteiger partial charge in [-0.15, -0.1) is 0 Å². The SMILES string of the molecule is N#CCCC(=O)OC1CCCCC1. The first-order valence-electron chi connectivity index (χ1n) is 4.89. The van der Waals surface area contributed by atoms with E-state index in [0.29, 0.717) is 0 Å². The van der Waals surface area contributed by atoms with Crippen LogP contribution in [0.5, 0.6) is 0 Å². The van der Waals surface area contributed by atoms with E-state index in [1.807, 2.05) is 6.07 Å². The Hall–Kier alpha value is -1.04. The zero-order valence-corrected chi connectivity index (χ0v) is 7.79. The van der Waals surface area contributed by atoms with Crippen LogP contribution in [0.25, 0.3) is 0 Å². The standard InChI is InChI=1S/C10H15NO2/c11-8-4-7-10(12)13-9-5-2-1-3-6-9/h9H,1-7H2. The summed E-state index contributed by atoms with van der Waals surface area (Å²) in [5.74, 6) is -0.214. The Morgan fingerprint density at radius 2 is 2.08 bits per heavy atom. The zero-order chi connectivity index (χ0) is 9.52. The summed E-state index contributed by atoms with van der Waals surface area (Å²) >= 11 is 0. The first kappa shape index (κ1) is 10.0. The van der Waals surface area contributed by atoms with Crippen LogP contribution in [0.15, 0.2) is 0 Å². The van der Waals surface area contributed by atoms with Crippen LogP contribution in [-0.2, 0) is 9.53 Å². The number of hydrogen-bond acceptors (Lipinski definition) is 3. The number of hydrogen-bond donors (Lipinski definition) is 0. The predicted octanol–water partition coefficient (Wildman–Crippen LogP) is 2.17. The van der Waals surface area contributed by atoms with Crippen molar-refractivity contribution >= 4 is 5.97 Å². The monoisotopic (exact) mass is 181 g/mol. The molecule has 3 heteroatoms. The maximum Gasteiger partial charge on any atom is 0.307 e. The Bertz CT molecular complexity index is 201. The first-order valence-corrected chi connectivity index (χ1v) is 4.89. The summed E-state index contributed by atoms with van der Waals surface area (Å²) in [6.07, 6.45) is 6.22. The third-order valence-electron chi connectivity index (χ3n) is 2.29. The lowest BCUT2D eigenvalue weighted by molar-refractivity contribution is -0.150. The second kappa shape index (κ2) is 5.58. The molecule has 0 saturated heterocycles. The van der Waals surface area contributed by atoms with Crippen molar-refractivity contribution in [1.82, 2.24) is 0 Å². The first-order chi connectivity index (χ1) is 6.33. The molecule has 1 aliphatic carbocycles. The molecule has 13 heavy (non-hydrogen) atoms. The summed E-state index contributed by atoms with van der Waals surface area (Å²) in [6.45, 7) is 0. The van der Waals surface area contributed by atoms with Gasteiger partial charge in [0, 0.05) is 6.42 Å². The molecular weight excluding hydrogens is 166 g/mol. The van der Waals surface area contributed by atoms with Gasteiger partial charge in [-0.1, -0.05) is 6.42 Å². The average Bonchev–Trinajstić information content (AvgIpc) is 2.16. The van der Waals surface area contributed by atoms with Gasteiger partial charge in [-0.2, -0.15) is 5.26 Å². The van der Waals surface area contributed by atoms with Crippen LogP contribution in [0, 0.1) is 11.3 Å². The van der Waals surface area contributed by atoms with Gasteiger partial charge in [0.25, 0.3) is 0 Å². The molecule has 0 aromatic heterocycles. The molecule has 1 aliphatic rings. The molecular formula is C10H15NO2. The summed E-state index contributed by atoms with van der Waals surface area (Å²) < 4.78 is 5.20.